The van der Waals surface area contributed by atoms with Gasteiger partial charge in [-0.1, -0.05) is 6.07 Å². The molecular formula is C21H24N2O5S. The first-order valence-electron chi connectivity index (χ1n) is 9.24. The fourth-order valence-electron chi connectivity index (χ4n) is 4.11. The first-order chi connectivity index (χ1) is 13.8. The van der Waals surface area contributed by atoms with Crippen LogP contribution >= 0.6 is 12.2 Å². The first-order valence-corrected chi connectivity index (χ1v) is 9.64. The summed E-state index contributed by atoms with van der Waals surface area (Å²) in [6.45, 7) is 3.73. The molecule has 2 aromatic carbocycles. The SMILES string of the molecule is COC(OC)[C@]1(C)Oc2ccc(N)cc2[C@H](n2c(=S)oc3cc(C)ccc32)[C@H]1O. The maximum Gasteiger partial charge on any atom is 0.270 e. The van der Waals surface area contributed by atoms with Gasteiger partial charge < -0.3 is 29.5 Å². The van der Waals surface area contributed by atoms with Gasteiger partial charge in [-0.15, -0.1) is 0 Å². The molecule has 0 spiro atoms. The Labute approximate surface area is 173 Å². The molecule has 2 heterocycles. The Hall–Kier alpha value is -2.39. The van der Waals surface area contributed by atoms with Crippen molar-refractivity contribution in [3.63, 3.8) is 0 Å². The number of hydrogen-bond donors (Lipinski definition) is 2. The summed E-state index contributed by atoms with van der Waals surface area (Å²) in [5.41, 5.74) is 8.57. The van der Waals surface area contributed by atoms with Crippen molar-refractivity contribution >= 4 is 29.0 Å². The largest absolute Gasteiger partial charge is 0.479 e. The van der Waals surface area contributed by atoms with Gasteiger partial charge in [0.15, 0.2) is 17.5 Å². The Morgan fingerprint density at radius 3 is 2.62 bits per heavy atom. The van der Waals surface area contributed by atoms with Gasteiger partial charge in [-0.2, -0.15) is 0 Å². The standard InChI is InChI=1S/C21H24N2O5S/c1-11-5-7-14-16(9-11)27-20(29)23(14)17-13-10-12(22)6-8-15(13)28-21(2,18(17)24)19(25-3)26-4/h5-10,17-19,24H,22H2,1-4H3/t17-,18+,21+/m0/s1. The van der Waals surface area contributed by atoms with Gasteiger partial charge in [-0.25, -0.2) is 0 Å². The monoisotopic (exact) mass is 416 g/mol. The summed E-state index contributed by atoms with van der Waals surface area (Å²) in [5, 5.41) is 11.5. The zero-order valence-corrected chi connectivity index (χ0v) is 17.5. The Morgan fingerprint density at radius 1 is 1.21 bits per heavy atom. The minimum Gasteiger partial charge on any atom is -0.479 e. The van der Waals surface area contributed by atoms with Crippen molar-refractivity contribution in [3.8, 4) is 5.75 Å². The van der Waals surface area contributed by atoms with E-state index in [2.05, 4.69) is 0 Å². The van der Waals surface area contributed by atoms with E-state index in [1.54, 1.807) is 29.7 Å². The number of nitrogen functional groups attached to an aromatic ring is 1. The van der Waals surface area contributed by atoms with E-state index >= 15 is 0 Å². The summed E-state index contributed by atoms with van der Waals surface area (Å²) in [6, 6.07) is 10.5. The van der Waals surface area contributed by atoms with E-state index in [4.69, 9.17) is 36.6 Å². The van der Waals surface area contributed by atoms with Gasteiger partial charge in [-0.05, 0) is 62.0 Å². The molecule has 1 aliphatic rings. The first kappa shape index (κ1) is 19.9. The van der Waals surface area contributed by atoms with Crippen LogP contribution in [0.15, 0.2) is 40.8 Å². The summed E-state index contributed by atoms with van der Waals surface area (Å²) < 4.78 is 24.8. The topological polar surface area (TPSA) is 92.0 Å². The Kier molecular flexibility index (Phi) is 4.90. The zero-order valence-electron chi connectivity index (χ0n) is 16.7. The molecule has 7 nitrogen and oxygen atoms in total. The third-order valence-electron chi connectivity index (χ3n) is 5.51. The van der Waals surface area contributed by atoms with E-state index < -0.39 is 24.0 Å². The van der Waals surface area contributed by atoms with Crippen molar-refractivity contribution in [3.05, 3.63) is 52.4 Å². The van der Waals surface area contributed by atoms with Crippen molar-refractivity contribution in [1.82, 2.24) is 4.57 Å². The molecule has 0 unspecified atom stereocenters. The number of aromatic nitrogens is 1. The number of oxazole rings is 1. The lowest BCUT2D eigenvalue weighted by molar-refractivity contribution is -0.238. The number of rotatable bonds is 4. The number of fused-ring (bicyclic) bond motifs is 2. The van der Waals surface area contributed by atoms with Crippen LogP contribution in [-0.2, 0) is 9.47 Å². The summed E-state index contributed by atoms with van der Waals surface area (Å²) in [5.74, 6) is 0.569. The summed E-state index contributed by atoms with van der Waals surface area (Å²) in [7, 11) is 3.01. The minimum atomic E-state index is -1.21. The second kappa shape index (κ2) is 7.14. The number of anilines is 1. The highest BCUT2D eigenvalue weighted by Gasteiger charge is 2.53. The van der Waals surface area contributed by atoms with E-state index in [9.17, 15) is 5.11 Å². The molecule has 8 heteroatoms. The average Bonchev–Trinajstić information content (AvgIpc) is 2.99. The van der Waals surface area contributed by atoms with E-state index in [-0.39, 0.29) is 4.84 Å². The highest BCUT2D eigenvalue weighted by atomic mass is 32.1. The maximum atomic E-state index is 11.5. The van der Waals surface area contributed by atoms with Gasteiger partial charge in [0.05, 0.1) is 11.6 Å². The normalized spacial score (nSPS) is 23.9. The van der Waals surface area contributed by atoms with Crippen molar-refractivity contribution in [2.75, 3.05) is 20.0 Å². The average molecular weight is 416 g/mol. The molecule has 1 aromatic heterocycles. The summed E-state index contributed by atoms with van der Waals surface area (Å²) in [4.78, 5) is 0.249. The van der Waals surface area contributed by atoms with Crippen LogP contribution in [0.2, 0.25) is 0 Å². The van der Waals surface area contributed by atoms with Gasteiger partial charge >= 0.3 is 0 Å². The highest BCUT2D eigenvalue weighted by molar-refractivity contribution is 7.71. The molecule has 0 fully saturated rings. The van der Waals surface area contributed by atoms with Crippen LogP contribution in [0, 0.1) is 11.8 Å². The molecule has 0 saturated heterocycles. The predicted molar refractivity (Wildman–Crippen MR) is 112 cm³/mol. The zero-order chi connectivity index (χ0) is 20.9. The van der Waals surface area contributed by atoms with Gasteiger partial charge in [0.1, 0.15) is 11.9 Å². The van der Waals surface area contributed by atoms with E-state index in [0.29, 0.717) is 22.6 Å². The number of aliphatic hydroxyl groups excluding tert-OH is 1. The number of nitrogens with two attached hydrogens (primary N) is 1. The second-order valence-electron chi connectivity index (χ2n) is 7.49. The number of ether oxygens (including phenoxy) is 3. The van der Waals surface area contributed by atoms with Crippen LogP contribution in [-0.4, -0.2) is 41.9 Å². The van der Waals surface area contributed by atoms with Crippen molar-refractivity contribution in [2.24, 2.45) is 0 Å². The third-order valence-corrected chi connectivity index (χ3v) is 5.79. The number of hydrogen-bond acceptors (Lipinski definition) is 7. The molecule has 3 atom stereocenters. The van der Waals surface area contributed by atoms with Crippen LogP contribution < -0.4 is 10.5 Å². The van der Waals surface area contributed by atoms with Crippen molar-refractivity contribution in [2.45, 2.75) is 37.9 Å². The van der Waals surface area contributed by atoms with Gasteiger partial charge in [0.25, 0.3) is 4.84 Å². The number of methoxy groups -OCH3 is 2. The lowest BCUT2D eigenvalue weighted by Crippen LogP contribution is -2.60. The Balaban J connectivity index is 2.00. The summed E-state index contributed by atoms with van der Waals surface area (Å²) >= 11 is 5.54. The van der Waals surface area contributed by atoms with E-state index in [1.807, 2.05) is 25.1 Å². The molecule has 3 aromatic rings. The minimum absolute atomic E-state index is 0.249. The molecule has 0 saturated carbocycles. The molecule has 0 aliphatic carbocycles. The summed E-state index contributed by atoms with van der Waals surface area (Å²) in [6.07, 6.45) is -1.89. The molecular weight excluding hydrogens is 392 g/mol. The molecule has 3 N–H and O–H groups in total. The second-order valence-corrected chi connectivity index (χ2v) is 7.83. The van der Waals surface area contributed by atoms with Crippen LogP contribution in [0.1, 0.15) is 24.1 Å². The number of aliphatic hydroxyl groups is 1. The maximum absolute atomic E-state index is 11.5. The van der Waals surface area contributed by atoms with Crippen LogP contribution in [0.4, 0.5) is 5.69 Å². The van der Waals surface area contributed by atoms with Gasteiger partial charge in [0, 0.05) is 25.5 Å². The molecule has 4 rings (SSSR count). The number of benzene rings is 2. The molecule has 1 aliphatic heterocycles. The fourth-order valence-corrected chi connectivity index (χ4v) is 4.41. The quantitative estimate of drug-likeness (QED) is 0.382. The number of nitrogens with zero attached hydrogens (tertiary/aromatic N) is 1. The third kappa shape index (κ3) is 3.03. The van der Waals surface area contributed by atoms with E-state index in [0.717, 1.165) is 11.1 Å². The molecule has 0 amide bonds. The molecule has 0 radical (unpaired) electrons. The Bertz CT molecular complexity index is 1120. The van der Waals surface area contributed by atoms with Gasteiger partial charge in [-0.3, -0.25) is 4.57 Å². The van der Waals surface area contributed by atoms with Crippen molar-refractivity contribution in [1.29, 1.82) is 0 Å². The highest BCUT2D eigenvalue weighted by Crippen LogP contribution is 2.46. The van der Waals surface area contributed by atoms with Crippen molar-refractivity contribution < 1.29 is 23.7 Å². The molecule has 29 heavy (non-hydrogen) atoms. The van der Waals surface area contributed by atoms with Gasteiger partial charge in [0.2, 0.25) is 0 Å². The molecule has 154 valence electrons. The lowest BCUT2D eigenvalue weighted by atomic mass is 9.84. The van der Waals surface area contributed by atoms with E-state index in [1.165, 1.54) is 14.2 Å². The Morgan fingerprint density at radius 2 is 1.93 bits per heavy atom. The van der Waals surface area contributed by atoms with Crippen LogP contribution in [0.5, 0.6) is 5.75 Å². The number of aryl methyl sites for hydroxylation is 1. The molecule has 0 bridgehead atoms. The smallest absolute Gasteiger partial charge is 0.270 e. The van der Waals surface area contributed by atoms with Crippen LogP contribution in [0.25, 0.3) is 11.1 Å². The van der Waals surface area contributed by atoms with Crippen LogP contribution in [0.3, 0.4) is 0 Å². The lowest BCUT2D eigenvalue weighted by Gasteiger charge is -2.46. The predicted octanol–water partition coefficient (Wildman–Crippen LogP) is 3.57. The fraction of sp³-hybridized carbons (Fsp3) is 0.381.